The minimum Gasteiger partial charge on any atom is -0.394 e. The lowest BCUT2D eigenvalue weighted by Crippen LogP contribution is -2.71. The minimum atomic E-state index is -2.41. The van der Waals surface area contributed by atoms with Crippen molar-refractivity contribution in [2.45, 2.75) is 236 Å². The number of methoxy groups -OCH3 is 1. The SMILES string of the molecule is COC[C@H]1O[C@@H](O[C@H]2[C@H](O)[C@@H](NC(C)=O)[C@@H](O[C@@H]3[C@@H](O[C@@H]4[C@H](O)[C@@H](O[C@H]5[C@H](O)[C@@H](NC(C)=O)[C@@H](O[C@H]6[C@H](O)[C@@H](NC(C)=O)[C@H](O)O[C@@H]6CO)O[C@@H]5CO)O[C@H](CO[C@@H]5O[C@H](CO)[C@@H](O)[C@H](O)[C@@H]5O)[C@H]4O)O[C@H](CO)[C@@H](O)[C@@H]3O)O[C@@H]2CO)[C@H](O)[C@@H](O)[C@H]1O. The fourth-order valence-electron chi connectivity index (χ4n) is 11.2. The molecule has 0 radical (unpaired) electrons. The number of carbonyl (C=O) groups excluding carboxylic acids is 3. The summed E-state index contributed by atoms with van der Waals surface area (Å²) in [5.41, 5.74) is 0. The molecule has 0 aliphatic carbocycles. The number of hydrogen-bond acceptors (Lipinski definition) is 36. The molecule has 0 unspecified atom stereocenters. The first-order chi connectivity index (χ1) is 41.6. The van der Waals surface area contributed by atoms with Crippen LogP contribution in [0, 0.1) is 0 Å². The molecule has 7 saturated heterocycles. The van der Waals surface area contributed by atoms with Crippen LogP contribution in [0.4, 0.5) is 0 Å². The maximum absolute atomic E-state index is 12.8. The molecule has 3 amide bonds. The van der Waals surface area contributed by atoms with Crippen molar-refractivity contribution in [1.82, 2.24) is 16.0 Å². The highest BCUT2D eigenvalue weighted by molar-refractivity contribution is 5.74. The van der Waals surface area contributed by atoms with Crippen molar-refractivity contribution >= 4 is 17.7 Å². The summed E-state index contributed by atoms with van der Waals surface area (Å²) in [6.07, 6.45) is -62.5. The van der Waals surface area contributed by atoms with E-state index in [9.17, 15) is 111 Å². The highest BCUT2D eigenvalue weighted by Gasteiger charge is 2.59. The number of nitrogens with one attached hydrogen (secondary N) is 3. The molecular formula is C49H83N3O36. The van der Waals surface area contributed by atoms with E-state index in [4.69, 9.17) is 66.3 Å². The molecule has 35 atom stereocenters. The van der Waals surface area contributed by atoms with Gasteiger partial charge in [-0.05, 0) is 0 Å². The Labute approximate surface area is 499 Å². The van der Waals surface area contributed by atoms with Crippen molar-refractivity contribution < 1.29 is 178 Å². The minimum absolute atomic E-state index is 0.331. The van der Waals surface area contributed by atoms with Gasteiger partial charge in [-0.15, -0.1) is 0 Å². The van der Waals surface area contributed by atoms with Crippen molar-refractivity contribution in [3.63, 3.8) is 0 Å². The Balaban J connectivity index is 1.19. The van der Waals surface area contributed by atoms with Gasteiger partial charge in [-0.1, -0.05) is 0 Å². The standard InChI is InChI=1S/C49H83N3O36/c1-12(58)50-22-29(65)38(17(7-55)77-43(22)74)84-44-23(51-13(2)59)30(66)40(19(9-57)80-44)86-48-37(73)41(28(64)21(83-48)11-76-46-35(71)32(68)25(61)15(5-53)78-46)87-49-42(34(70)26(62)16(6-54)79-49)88-45-24(52-14(3)60)31(67)39(18(8-56)81-45)85-47-36(72)33(69)27(63)20(82-47)10-75-4/h15-49,53-57,61-74H,5-11H2,1-4H3,(H,50,58)(H,51,59)(H,52,60)/t15-,16-,17-,18-,19-,20-,21-,22-,23-,24-,25-,26-,27+,28-,29-,30-,31-,32+,33+,34+,35+,36-,37+,38-,39-,40-,41+,42+,43-,44-,45-,46-,47+,48-,49-/m1/s1. The smallest absolute Gasteiger partial charge is 0.217 e. The highest BCUT2D eigenvalue weighted by atomic mass is 16.8. The van der Waals surface area contributed by atoms with E-state index < -0.39 is 272 Å². The quantitative estimate of drug-likeness (QED) is 0.0452. The Morgan fingerprint density at radius 2 is 0.659 bits per heavy atom. The van der Waals surface area contributed by atoms with Gasteiger partial charge in [-0.3, -0.25) is 14.4 Å². The molecule has 7 heterocycles. The van der Waals surface area contributed by atoms with Gasteiger partial charge in [0.2, 0.25) is 17.7 Å². The summed E-state index contributed by atoms with van der Waals surface area (Å²) in [7, 11) is 1.24. The molecule has 0 aromatic carbocycles. The van der Waals surface area contributed by atoms with Gasteiger partial charge in [0.15, 0.2) is 44.0 Å². The van der Waals surface area contributed by atoms with Crippen LogP contribution in [0.5, 0.6) is 0 Å². The van der Waals surface area contributed by atoms with Gasteiger partial charge in [-0.25, -0.2) is 0 Å². The van der Waals surface area contributed by atoms with Crippen molar-refractivity contribution in [2.75, 3.05) is 53.4 Å². The number of amides is 3. The van der Waals surface area contributed by atoms with E-state index in [0.717, 1.165) is 20.8 Å². The molecule has 0 spiro atoms. The van der Waals surface area contributed by atoms with E-state index in [1.807, 2.05) is 0 Å². The number of hydrogen-bond donors (Lipinski definition) is 22. The van der Waals surface area contributed by atoms with Crippen LogP contribution in [0.25, 0.3) is 0 Å². The number of rotatable bonds is 23. The van der Waals surface area contributed by atoms with E-state index in [2.05, 4.69) is 16.0 Å². The Morgan fingerprint density at radius 3 is 1.12 bits per heavy atom. The molecule has 7 aliphatic rings. The zero-order valence-electron chi connectivity index (χ0n) is 47.6. The molecule has 510 valence electrons. The second-order valence-corrected chi connectivity index (χ2v) is 22.1. The lowest BCUT2D eigenvalue weighted by molar-refractivity contribution is -0.397. The first-order valence-electron chi connectivity index (χ1n) is 28.0. The van der Waals surface area contributed by atoms with Crippen LogP contribution in [0.3, 0.4) is 0 Å². The normalized spacial score (nSPS) is 48.5. The lowest BCUT2D eigenvalue weighted by Gasteiger charge is -2.51. The Bertz CT molecular complexity index is 2210. The van der Waals surface area contributed by atoms with Gasteiger partial charge < -0.3 is 179 Å². The van der Waals surface area contributed by atoms with Crippen LogP contribution < -0.4 is 16.0 Å². The van der Waals surface area contributed by atoms with Crippen LogP contribution in [-0.4, -0.2) is 383 Å². The molecule has 0 aromatic heterocycles. The lowest BCUT2D eigenvalue weighted by atomic mass is 9.93. The topological polar surface area (TPSA) is 601 Å². The third kappa shape index (κ3) is 16.0. The molecule has 22 N–H and O–H groups in total. The van der Waals surface area contributed by atoms with Crippen molar-refractivity contribution in [3.8, 4) is 0 Å². The molecule has 0 saturated carbocycles. The van der Waals surface area contributed by atoms with Crippen molar-refractivity contribution in [3.05, 3.63) is 0 Å². The van der Waals surface area contributed by atoms with Crippen LogP contribution in [0.1, 0.15) is 20.8 Å². The van der Waals surface area contributed by atoms with Gasteiger partial charge >= 0.3 is 0 Å². The summed E-state index contributed by atoms with van der Waals surface area (Å²) < 4.78 is 81.1. The molecule has 7 rings (SSSR count). The van der Waals surface area contributed by atoms with E-state index >= 15 is 0 Å². The van der Waals surface area contributed by atoms with E-state index in [-0.39, 0.29) is 6.61 Å². The molecule has 7 aliphatic heterocycles. The molecule has 0 bridgehead atoms. The molecule has 39 heteroatoms. The van der Waals surface area contributed by atoms with E-state index in [0.29, 0.717) is 0 Å². The highest BCUT2D eigenvalue weighted by Crippen LogP contribution is 2.38. The first kappa shape index (κ1) is 72.5. The predicted octanol–water partition coefficient (Wildman–Crippen LogP) is -15.2. The van der Waals surface area contributed by atoms with Gasteiger partial charge in [-0.2, -0.15) is 0 Å². The molecule has 88 heavy (non-hydrogen) atoms. The fourth-order valence-corrected chi connectivity index (χ4v) is 11.2. The van der Waals surface area contributed by atoms with Gasteiger partial charge in [0.1, 0.15) is 171 Å². The zero-order chi connectivity index (χ0) is 64.9. The summed E-state index contributed by atoms with van der Waals surface area (Å²) in [6.45, 7) is -3.37. The Kier molecular flexibility index (Phi) is 26.2. The van der Waals surface area contributed by atoms with Gasteiger partial charge in [0.05, 0.1) is 46.2 Å². The Hall–Kier alpha value is -2.91. The summed E-state index contributed by atoms with van der Waals surface area (Å²) in [5.74, 6) is -2.49. The first-order valence-corrected chi connectivity index (χ1v) is 28.0. The molecular weight excluding hydrogens is 1210 g/mol. The maximum atomic E-state index is 12.8. The molecule has 7 fully saturated rings. The number of aliphatic hydroxyl groups excluding tert-OH is 19. The number of aliphatic hydroxyl groups is 19. The van der Waals surface area contributed by atoms with Crippen LogP contribution in [0.2, 0.25) is 0 Å². The summed E-state index contributed by atoms with van der Waals surface area (Å²) in [4.78, 5) is 37.5. The molecule has 39 nitrogen and oxygen atoms in total. The number of carbonyl (C=O) groups is 3. The maximum Gasteiger partial charge on any atom is 0.217 e. The monoisotopic (exact) mass is 1290 g/mol. The van der Waals surface area contributed by atoms with E-state index in [1.165, 1.54) is 7.11 Å². The Morgan fingerprint density at radius 1 is 0.318 bits per heavy atom. The average Bonchev–Trinajstić information content (AvgIpc) is 1.97. The van der Waals surface area contributed by atoms with Crippen LogP contribution >= 0.6 is 0 Å². The van der Waals surface area contributed by atoms with Gasteiger partial charge in [0.25, 0.3) is 0 Å². The van der Waals surface area contributed by atoms with E-state index in [1.54, 1.807) is 0 Å². The second-order valence-electron chi connectivity index (χ2n) is 22.1. The van der Waals surface area contributed by atoms with Crippen molar-refractivity contribution in [2.24, 2.45) is 0 Å². The summed E-state index contributed by atoms with van der Waals surface area (Å²) in [5, 5.41) is 215. The largest absolute Gasteiger partial charge is 0.394 e. The van der Waals surface area contributed by atoms with Crippen LogP contribution in [0.15, 0.2) is 0 Å². The predicted molar refractivity (Wildman–Crippen MR) is 271 cm³/mol. The number of ether oxygens (including phenoxy) is 14. The van der Waals surface area contributed by atoms with Crippen molar-refractivity contribution in [1.29, 1.82) is 0 Å². The van der Waals surface area contributed by atoms with Crippen LogP contribution in [-0.2, 0) is 80.7 Å². The third-order valence-electron chi connectivity index (χ3n) is 15.9. The summed E-state index contributed by atoms with van der Waals surface area (Å²) in [6, 6.07) is -5.22. The zero-order valence-corrected chi connectivity index (χ0v) is 47.6. The average molecular weight is 1290 g/mol. The summed E-state index contributed by atoms with van der Waals surface area (Å²) >= 11 is 0. The fraction of sp³-hybridized carbons (Fsp3) is 0.939. The molecule has 0 aromatic rings. The second kappa shape index (κ2) is 31.8. The van der Waals surface area contributed by atoms with Gasteiger partial charge in [0, 0.05) is 27.9 Å². The third-order valence-corrected chi connectivity index (χ3v) is 15.9.